The Hall–Kier alpha value is -1.37. The van der Waals surface area contributed by atoms with E-state index in [-0.39, 0.29) is 6.04 Å². The molecule has 4 nitrogen and oxygen atoms in total. The number of hydrogen-bond donors (Lipinski definition) is 2. The second-order valence-electron chi connectivity index (χ2n) is 4.28. The molecule has 1 heterocycles. The summed E-state index contributed by atoms with van der Waals surface area (Å²) in [6.07, 6.45) is -2.55. The molecular weight excluding hydrogens is 233 g/mol. The lowest BCUT2D eigenvalue weighted by Gasteiger charge is -2.32. The summed E-state index contributed by atoms with van der Waals surface area (Å²) in [5, 5.41) is 9.56. The van der Waals surface area contributed by atoms with E-state index in [0.717, 1.165) is 18.9 Å². The van der Waals surface area contributed by atoms with Crippen LogP contribution in [0.2, 0.25) is 0 Å². The Balaban J connectivity index is 1.86. The van der Waals surface area contributed by atoms with Crippen LogP contribution >= 0.6 is 0 Å². The topological polar surface area (TPSA) is 63.8 Å². The zero-order valence-corrected chi connectivity index (χ0v) is 9.04. The van der Waals surface area contributed by atoms with Gasteiger partial charge in [-0.05, 0) is 30.9 Å². The highest BCUT2D eigenvalue weighted by atomic mass is 19.4. The van der Waals surface area contributed by atoms with E-state index >= 15 is 0 Å². The minimum atomic E-state index is -4.44. The second kappa shape index (κ2) is 4.48. The monoisotopic (exact) mass is 246 g/mol. The molecule has 3 N–H and O–H groups in total. The van der Waals surface area contributed by atoms with Gasteiger partial charge in [-0.3, -0.25) is 0 Å². The average molecular weight is 246 g/mol. The van der Waals surface area contributed by atoms with E-state index in [1.54, 1.807) is 0 Å². The lowest BCUT2D eigenvalue weighted by Crippen LogP contribution is -2.39. The average Bonchev–Trinajstić information content (AvgIpc) is 2.22. The van der Waals surface area contributed by atoms with Gasteiger partial charge in [-0.25, -0.2) is 0 Å². The molecule has 0 amide bonds. The SMILES string of the molecule is NC1CC(CNc2ccc(C(F)(F)F)nn2)C1. The van der Waals surface area contributed by atoms with Gasteiger partial charge in [0.15, 0.2) is 5.69 Å². The number of aromatic nitrogens is 2. The van der Waals surface area contributed by atoms with Crippen molar-refractivity contribution in [1.82, 2.24) is 10.2 Å². The van der Waals surface area contributed by atoms with Crippen LogP contribution in [0.15, 0.2) is 12.1 Å². The molecule has 1 saturated carbocycles. The Morgan fingerprint density at radius 2 is 2.00 bits per heavy atom. The number of nitrogens with two attached hydrogens (primary N) is 1. The number of alkyl halides is 3. The van der Waals surface area contributed by atoms with E-state index < -0.39 is 11.9 Å². The number of nitrogens with zero attached hydrogens (tertiary/aromatic N) is 2. The van der Waals surface area contributed by atoms with Crippen LogP contribution in [0.5, 0.6) is 0 Å². The Morgan fingerprint density at radius 3 is 2.47 bits per heavy atom. The zero-order chi connectivity index (χ0) is 12.5. The van der Waals surface area contributed by atoms with Crippen molar-refractivity contribution in [2.24, 2.45) is 11.7 Å². The quantitative estimate of drug-likeness (QED) is 0.851. The van der Waals surface area contributed by atoms with Crippen molar-refractivity contribution >= 4 is 5.82 Å². The Morgan fingerprint density at radius 1 is 1.29 bits per heavy atom. The largest absolute Gasteiger partial charge is 0.435 e. The molecule has 1 fully saturated rings. The molecule has 0 aromatic carbocycles. The van der Waals surface area contributed by atoms with Gasteiger partial charge in [0.1, 0.15) is 5.82 Å². The molecule has 0 atom stereocenters. The summed E-state index contributed by atoms with van der Waals surface area (Å²) in [4.78, 5) is 0. The summed E-state index contributed by atoms with van der Waals surface area (Å²) in [5.74, 6) is 0.840. The van der Waals surface area contributed by atoms with Gasteiger partial charge in [0.25, 0.3) is 0 Å². The summed E-state index contributed by atoms with van der Waals surface area (Å²) >= 11 is 0. The molecule has 0 aliphatic heterocycles. The lowest BCUT2D eigenvalue weighted by atomic mass is 9.81. The van der Waals surface area contributed by atoms with E-state index in [1.807, 2.05) is 0 Å². The maximum atomic E-state index is 12.2. The summed E-state index contributed by atoms with van der Waals surface area (Å²) in [6, 6.07) is 2.47. The van der Waals surface area contributed by atoms with Crippen molar-refractivity contribution < 1.29 is 13.2 Å². The smallest absolute Gasteiger partial charge is 0.368 e. The highest BCUT2D eigenvalue weighted by molar-refractivity contribution is 5.33. The fourth-order valence-electron chi connectivity index (χ4n) is 1.78. The Bertz CT molecular complexity index is 370. The molecule has 7 heteroatoms. The van der Waals surface area contributed by atoms with Gasteiger partial charge in [0, 0.05) is 12.6 Å². The first kappa shape index (κ1) is 12.1. The van der Waals surface area contributed by atoms with Gasteiger partial charge < -0.3 is 11.1 Å². The van der Waals surface area contributed by atoms with E-state index in [1.165, 1.54) is 6.07 Å². The Kier molecular flexibility index (Phi) is 3.19. The van der Waals surface area contributed by atoms with Crippen LogP contribution in [0.4, 0.5) is 19.0 Å². The third-order valence-corrected chi connectivity index (χ3v) is 2.80. The molecular formula is C10H13F3N4. The molecule has 0 radical (unpaired) electrons. The molecule has 1 aliphatic rings. The lowest BCUT2D eigenvalue weighted by molar-refractivity contribution is -0.141. The summed E-state index contributed by atoms with van der Waals surface area (Å²) < 4.78 is 36.6. The second-order valence-corrected chi connectivity index (χ2v) is 4.28. The summed E-state index contributed by atoms with van der Waals surface area (Å²) in [5.41, 5.74) is 4.65. The maximum Gasteiger partial charge on any atom is 0.435 e. The standard InChI is InChI=1S/C10H13F3N4/c11-10(12,13)8-1-2-9(17-16-8)15-5-6-3-7(14)4-6/h1-2,6-7H,3-5,14H2,(H,15,17). The van der Waals surface area contributed by atoms with Crippen molar-refractivity contribution in [3.05, 3.63) is 17.8 Å². The van der Waals surface area contributed by atoms with E-state index in [0.29, 0.717) is 18.3 Å². The van der Waals surface area contributed by atoms with E-state index in [4.69, 9.17) is 5.73 Å². The van der Waals surface area contributed by atoms with Crippen LogP contribution in [0.3, 0.4) is 0 Å². The third-order valence-electron chi connectivity index (χ3n) is 2.80. The molecule has 0 bridgehead atoms. The van der Waals surface area contributed by atoms with Crippen LogP contribution in [0.1, 0.15) is 18.5 Å². The number of rotatable bonds is 3. The van der Waals surface area contributed by atoms with Crippen molar-refractivity contribution in [3.8, 4) is 0 Å². The van der Waals surface area contributed by atoms with Crippen LogP contribution in [0.25, 0.3) is 0 Å². The number of hydrogen-bond acceptors (Lipinski definition) is 4. The highest BCUT2D eigenvalue weighted by Crippen LogP contribution is 2.28. The van der Waals surface area contributed by atoms with Gasteiger partial charge >= 0.3 is 6.18 Å². The maximum absolute atomic E-state index is 12.2. The van der Waals surface area contributed by atoms with Crippen molar-refractivity contribution in [1.29, 1.82) is 0 Å². The molecule has 1 aromatic heterocycles. The van der Waals surface area contributed by atoms with Crippen LogP contribution < -0.4 is 11.1 Å². The molecule has 2 rings (SSSR count). The van der Waals surface area contributed by atoms with Gasteiger partial charge in [0.05, 0.1) is 0 Å². The van der Waals surface area contributed by atoms with Gasteiger partial charge in [-0.1, -0.05) is 0 Å². The van der Waals surface area contributed by atoms with Crippen molar-refractivity contribution in [3.63, 3.8) is 0 Å². The summed E-state index contributed by atoms with van der Waals surface area (Å²) in [7, 11) is 0. The van der Waals surface area contributed by atoms with Gasteiger partial charge in [-0.2, -0.15) is 13.2 Å². The van der Waals surface area contributed by atoms with Crippen LogP contribution in [0, 0.1) is 5.92 Å². The van der Waals surface area contributed by atoms with Crippen LogP contribution in [-0.4, -0.2) is 22.8 Å². The van der Waals surface area contributed by atoms with E-state index in [9.17, 15) is 13.2 Å². The molecule has 1 aromatic rings. The van der Waals surface area contributed by atoms with Crippen molar-refractivity contribution in [2.45, 2.75) is 25.1 Å². The normalized spacial score (nSPS) is 24.2. The van der Waals surface area contributed by atoms with Gasteiger partial charge in [0.2, 0.25) is 0 Å². The zero-order valence-electron chi connectivity index (χ0n) is 9.04. The minimum Gasteiger partial charge on any atom is -0.368 e. The number of halogens is 3. The highest BCUT2D eigenvalue weighted by Gasteiger charge is 2.33. The first-order chi connectivity index (χ1) is 7.95. The first-order valence-corrected chi connectivity index (χ1v) is 5.35. The predicted molar refractivity (Wildman–Crippen MR) is 56.2 cm³/mol. The fourth-order valence-corrected chi connectivity index (χ4v) is 1.78. The van der Waals surface area contributed by atoms with Crippen LogP contribution in [-0.2, 0) is 6.18 Å². The summed E-state index contributed by atoms with van der Waals surface area (Å²) in [6.45, 7) is 0.674. The minimum absolute atomic E-state index is 0.264. The first-order valence-electron chi connectivity index (χ1n) is 5.35. The number of nitrogens with one attached hydrogen (secondary N) is 1. The molecule has 94 valence electrons. The Labute approximate surface area is 96.4 Å². The fraction of sp³-hybridized carbons (Fsp3) is 0.600. The van der Waals surface area contributed by atoms with Crippen molar-refractivity contribution in [2.75, 3.05) is 11.9 Å². The molecule has 0 unspecified atom stereocenters. The predicted octanol–water partition coefficient (Wildman–Crippen LogP) is 1.64. The third kappa shape index (κ3) is 3.06. The number of anilines is 1. The molecule has 1 aliphatic carbocycles. The van der Waals surface area contributed by atoms with E-state index in [2.05, 4.69) is 15.5 Å². The molecule has 17 heavy (non-hydrogen) atoms. The molecule has 0 spiro atoms. The van der Waals surface area contributed by atoms with Gasteiger partial charge in [-0.15, -0.1) is 10.2 Å². The molecule has 0 saturated heterocycles.